The van der Waals surface area contributed by atoms with Gasteiger partial charge in [0.1, 0.15) is 23.3 Å². The molecule has 10 heteroatoms. The normalized spacial score (nSPS) is 11.4. The third-order valence-electron chi connectivity index (χ3n) is 2.92. The maximum absolute atomic E-state index is 12.4. The molecule has 0 heterocycles. The Morgan fingerprint density at radius 3 is 2.41 bits per heavy atom. The predicted octanol–water partition coefficient (Wildman–Crippen LogP) is 3.65. The summed E-state index contributed by atoms with van der Waals surface area (Å²) in [7, 11) is 0. The number of hydrazone groups is 1. The van der Waals surface area contributed by atoms with Crippen LogP contribution in [0.1, 0.15) is 0 Å². The zero-order valence-corrected chi connectivity index (χ0v) is 13.7. The Balaban J connectivity index is 2.29. The van der Waals surface area contributed by atoms with Gasteiger partial charge in [0.2, 0.25) is 5.71 Å². The summed E-state index contributed by atoms with van der Waals surface area (Å²) >= 11 is 0. The molecule has 0 spiro atoms. The Kier molecular flexibility index (Phi) is 6.22. The second-order valence-electron chi connectivity index (χ2n) is 5.11. The van der Waals surface area contributed by atoms with Crippen LogP contribution in [-0.4, -0.2) is 24.3 Å². The zero-order valence-electron chi connectivity index (χ0n) is 13.7. The summed E-state index contributed by atoms with van der Waals surface area (Å²) in [6, 6.07) is 14.1. The first kappa shape index (κ1) is 19.6. The highest BCUT2D eigenvalue weighted by atomic mass is 19.4. The largest absolute Gasteiger partial charge is 0.484 e. The predicted molar refractivity (Wildman–Crippen MR) is 93.1 cm³/mol. The molecule has 4 N–H and O–H groups in total. The van der Waals surface area contributed by atoms with Crippen LogP contribution in [0.3, 0.4) is 0 Å². The summed E-state index contributed by atoms with van der Waals surface area (Å²) in [5, 5.41) is 19.7. The SMILES string of the molecule is N#C/C(=N\Nc1cc(OCC(F)(F)F)cc(Oc2ccccc2)c1)C(=N)N. The molecule has 0 radical (unpaired) electrons. The molecule has 0 bridgehead atoms. The van der Waals surface area contributed by atoms with Gasteiger partial charge in [-0.05, 0) is 12.1 Å². The van der Waals surface area contributed by atoms with Crippen molar-refractivity contribution in [2.24, 2.45) is 10.8 Å². The van der Waals surface area contributed by atoms with E-state index >= 15 is 0 Å². The van der Waals surface area contributed by atoms with Gasteiger partial charge in [-0.2, -0.15) is 23.5 Å². The number of anilines is 1. The number of nitrogens with two attached hydrogens (primary N) is 1. The second kappa shape index (κ2) is 8.57. The first-order chi connectivity index (χ1) is 12.8. The van der Waals surface area contributed by atoms with Crippen molar-refractivity contribution in [1.82, 2.24) is 0 Å². The maximum Gasteiger partial charge on any atom is 0.422 e. The Morgan fingerprint density at radius 2 is 1.81 bits per heavy atom. The molecule has 0 aliphatic rings. The van der Waals surface area contributed by atoms with Gasteiger partial charge in [-0.1, -0.05) is 18.2 Å². The van der Waals surface area contributed by atoms with Crippen molar-refractivity contribution in [1.29, 1.82) is 10.7 Å². The fourth-order valence-electron chi connectivity index (χ4n) is 1.83. The van der Waals surface area contributed by atoms with Crippen molar-refractivity contribution in [2.45, 2.75) is 6.18 Å². The second-order valence-corrected chi connectivity index (χ2v) is 5.11. The average Bonchev–Trinajstić information content (AvgIpc) is 2.60. The first-order valence-electron chi connectivity index (χ1n) is 7.42. The first-order valence-corrected chi connectivity index (χ1v) is 7.42. The van der Waals surface area contributed by atoms with Gasteiger partial charge in [0, 0.05) is 18.2 Å². The van der Waals surface area contributed by atoms with E-state index in [4.69, 9.17) is 25.9 Å². The summed E-state index contributed by atoms with van der Waals surface area (Å²) < 4.78 is 47.6. The Bertz CT molecular complexity index is 876. The lowest BCUT2D eigenvalue weighted by Gasteiger charge is -2.13. The minimum absolute atomic E-state index is 0.125. The maximum atomic E-state index is 12.4. The minimum atomic E-state index is -4.51. The molecular formula is C17H14F3N5O2. The van der Waals surface area contributed by atoms with Crippen LogP contribution in [0.2, 0.25) is 0 Å². The third-order valence-corrected chi connectivity index (χ3v) is 2.92. The molecule has 0 amide bonds. The molecule has 0 aliphatic heterocycles. The van der Waals surface area contributed by atoms with Crippen LogP contribution in [0, 0.1) is 16.7 Å². The molecule has 0 saturated heterocycles. The minimum Gasteiger partial charge on any atom is -0.484 e. The number of nitrogens with one attached hydrogen (secondary N) is 2. The number of hydrogen-bond donors (Lipinski definition) is 3. The fraction of sp³-hybridized carbons (Fsp3) is 0.118. The number of hydrogen-bond acceptors (Lipinski definition) is 6. The van der Waals surface area contributed by atoms with E-state index in [0.29, 0.717) is 5.75 Å². The standard InChI is InChI=1S/C17H14F3N5O2/c18-17(19,20)10-26-13-6-11(24-25-15(9-21)16(22)23)7-14(8-13)27-12-4-2-1-3-5-12/h1-8,24H,10H2,(H3,22,23)/b25-15+. The number of alkyl halides is 3. The number of amidine groups is 1. The fourth-order valence-corrected chi connectivity index (χ4v) is 1.83. The Labute approximate surface area is 152 Å². The van der Waals surface area contributed by atoms with Crippen LogP contribution in [0.4, 0.5) is 18.9 Å². The molecule has 0 atom stereocenters. The van der Waals surface area contributed by atoms with Crippen molar-refractivity contribution in [3.8, 4) is 23.3 Å². The molecule has 2 rings (SSSR count). The number of halogens is 3. The van der Waals surface area contributed by atoms with Gasteiger partial charge in [-0.15, -0.1) is 0 Å². The molecule has 140 valence electrons. The number of para-hydroxylation sites is 1. The van der Waals surface area contributed by atoms with Gasteiger partial charge >= 0.3 is 6.18 Å². The molecule has 0 aliphatic carbocycles. The molecule has 0 unspecified atom stereocenters. The van der Waals surface area contributed by atoms with Gasteiger partial charge in [-0.3, -0.25) is 10.8 Å². The Hall–Kier alpha value is -3.74. The highest BCUT2D eigenvalue weighted by Crippen LogP contribution is 2.30. The van der Waals surface area contributed by atoms with Crippen molar-refractivity contribution >= 4 is 17.2 Å². The van der Waals surface area contributed by atoms with Gasteiger partial charge < -0.3 is 15.2 Å². The lowest BCUT2D eigenvalue weighted by molar-refractivity contribution is -0.153. The quantitative estimate of drug-likeness (QED) is 0.387. The topological polar surface area (TPSA) is 117 Å². The number of nitrogens with zero attached hydrogens (tertiary/aromatic N) is 2. The van der Waals surface area contributed by atoms with Gasteiger partial charge in [-0.25, -0.2) is 0 Å². The summed E-state index contributed by atoms with van der Waals surface area (Å²) in [5.41, 5.74) is 7.42. The summed E-state index contributed by atoms with van der Waals surface area (Å²) in [6.07, 6.45) is -4.51. The van der Waals surface area contributed by atoms with Crippen LogP contribution in [0.5, 0.6) is 17.2 Å². The smallest absolute Gasteiger partial charge is 0.422 e. The third kappa shape index (κ3) is 6.58. The van der Waals surface area contributed by atoms with E-state index in [1.165, 1.54) is 18.2 Å². The lowest BCUT2D eigenvalue weighted by atomic mass is 10.2. The van der Waals surface area contributed by atoms with Crippen LogP contribution in [-0.2, 0) is 0 Å². The van der Waals surface area contributed by atoms with Gasteiger partial charge in [0.05, 0.1) is 5.69 Å². The highest BCUT2D eigenvalue weighted by molar-refractivity contribution is 6.45. The van der Waals surface area contributed by atoms with Crippen molar-refractivity contribution in [3.63, 3.8) is 0 Å². The van der Waals surface area contributed by atoms with Crippen molar-refractivity contribution < 1.29 is 22.6 Å². The van der Waals surface area contributed by atoms with Crippen molar-refractivity contribution in [2.75, 3.05) is 12.0 Å². The average molecular weight is 377 g/mol. The van der Waals surface area contributed by atoms with Crippen LogP contribution in [0.15, 0.2) is 53.6 Å². The van der Waals surface area contributed by atoms with E-state index in [1.54, 1.807) is 36.4 Å². The van der Waals surface area contributed by atoms with Crippen LogP contribution in [0.25, 0.3) is 0 Å². The molecule has 0 saturated carbocycles. The summed E-state index contributed by atoms with van der Waals surface area (Å²) in [4.78, 5) is 0. The number of nitriles is 1. The molecule has 27 heavy (non-hydrogen) atoms. The number of rotatable bonds is 7. The van der Waals surface area contributed by atoms with E-state index in [1.807, 2.05) is 0 Å². The molecule has 0 fully saturated rings. The van der Waals surface area contributed by atoms with E-state index < -0.39 is 18.6 Å². The lowest BCUT2D eigenvalue weighted by Crippen LogP contribution is -2.22. The summed E-state index contributed by atoms with van der Waals surface area (Å²) in [5.74, 6) is -0.0451. The van der Waals surface area contributed by atoms with Crippen LogP contribution >= 0.6 is 0 Å². The molecular weight excluding hydrogens is 363 g/mol. The van der Waals surface area contributed by atoms with Gasteiger partial charge in [0.25, 0.3) is 0 Å². The zero-order chi connectivity index (χ0) is 19.9. The van der Waals surface area contributed by atoms with E-state index in [9.17, 15) is 13.2 Å². The number of benzene rings is 2. The molecule has 0 aromatic heterocycles. The Morgan fingerprint density at radius 1 is 1.15 bits per heavy atom. The summed E-state index contributed by atoms with van der Waals surface area (Å²) in [6.45, 7) is -1.48. The monoisotopic (exact) mass is 377 g/mol. The van der Waals surface area contributed by atoms with Crippen molar-refractivity contribution in [3.05, 3.63) is 48.5 Å². The van der Waals surface area contributed by atoms with Crippen LogP contribution < -0.4 is 20.6 Å². The van der Waals surface area contributed by atoms with E-state index in [-0.39, 0.29) is 22.9 Å². The molecule has 2 aromatic rings. The van der Waals surface area contributed by atoms with Gasteiger partial charge in [0.15, 0.2) is 12.4 Å². The molecule has 7 nitrogen and oxygen atoms in total. The number of ether oxygens (including phenoxy) is 2. The van der Waals surface area contributed by atoms with E-state index in [0.717, 1.165) is 0 Å². The van der Waals surface area contributed by atoms with E-state index in [2.05, 4.69) is 10.5 Å². The molecule has 2 aromatic carbocycles. The highest BCUT2D eigenvalue weighted by Gasteiger charge is 2.28.